The van der Waals surface area contributed by atoms with Crippen molar-refractivity contribution >= 4 is 49.1 Å². The molecule has 0 fully saturated rings. The fourth-order valence-electron chi connectivity index (χ4n) is 3.40. The number of ether oxygens (including phenoxy) is 1. The third-order valence-corrected chi connectivity index (χ3v) is 6.06. The molecule has 2 aromatic carbocycles. The Balaban J connectivity index is 1.65. The van der Waals surface area contributed by atoms with E-state index >= 15 is 0 Å². The Morgan fingerprint density at radius 1 is 1.24 bits per heavy atom. The van der Waals surface area contributed by atoms with Crippen molar-refractivity contribution in [2.24, 2.45) is 0 Å². The van der Waals surface area contributed by atoms with E-state index in [1.807, 2.05) is 58.0 Å². The highest BCUT2D eigenvalue weighted by atomic mass is 32.1. The van der Waals surface area contributed by atoms with Crippen LogP contribution in [0.4, 0.5) is 5.13 Å². The number of aryl methyl sites for hydroxylation is 3. The van der Waals surface area contributed by atoms with Crippen molar-refractivity contribution in [3.05, 3.63) is 58.9 Å². The molecule has 0 aliphatic carbocycles. The van der Waals surface area contributed by atoms with E-state index in [0.29, 0.717) is 10.9 Å². The number of anilines is 1. The topological polar surface area (TPSA) is 64.4 Å². The quantitative estimate of drug-likeness (QED) is 0.421. The van der Waals surface area contributed by atoms with E-state index in [1.54, 1.807) is 13.2 Å². The van der Waals surface area contributed by atoms with Gasteiger partial charge in [-0.1, -0.05) is 23.5 Å². The minimum Gasteiger partial charge on any atom is -0.496 e. The smallest absolute Gasteiger partial charge is 0.250 e. The van der Waals surface area contributed by atoms with Crippen LogP contribution in [0.2, 0.25) is 0 Å². The third-order valence-electron chi connectivity index (χ3n) is 5.12. The minimum absolute atomic E-state index is 0.221. The molecule has 0 bridgehead atoms. The first-order chi connectivity index (χ1) is 13.9. The maximum atomic E-state index is 12.6. The number of benzene rings is 2. The summed E-state index contributed by atoms with van der Waals surface area (Å²) in [7, 11) is 1.62. The van der Waals surface area contributed by atoms with Crippen LogP contribution in [0.3, 0.4) is 0 Å². The summed E-state index contributed by atoms with van der Waals surface area (Å²) in [5.74, 6) is 1.33. The number of thiazole rings is 1. The lowest BCUT2D eigenvalue weighted by molar-refractivity contribution is -0.111. The predicted octanol–water partition coefficient (Wildman–Crippen LogP) is 6.02. The van der Waals surface area contributed by atoms with E-state index in [2.05, 4.69) is 10.3 Å². The van der Waals surface area contributed by atoms with Gasteiger partial charge in [0.15, 0.2) is 5.13 Å². The van der Waals surface area contributed by atoms with Gasteiger partial charge in [-0.05, 0) is 56.5 Å². The van der Waals surface area contributed by atoms with Crippen molar-refractivity contribution in [2.45, 2.75) is 27.7 Å². The van der Waals surface area contributed by atoms with E-state index in [9.17, 15) is 4.79 Å². The SMILES string of the molecule is COc1cc2oc(C)c(C)c2cc1/C(C)=C/C(=O)Nc1nc2c(C)cccc2s1. The van der Waals surface area contributed by atoms with Crippen LogP contribution in [0.5, 0.6) is 5.75 Å². The van der Waals surface area contributed by atoms with Crippen LogP contribution in [0.1, 0.15) is 29.4 Å². The monoisotopic (exact) mass is 406 g/mol. The van der Waals surface area contributed by atoms with Crippen molar-refractivity contribution in [3.8, 4) is 5.75 Å². The van der Waals surface area contributed by atoms with E-state index in [1.165, 1.54) is 11.3 Å². The highest BCUT2D eigenvalue weighted by Gasteiger charge is 2.15. The predicted molar refractivity (Wildman–Crippen MR) is 119 cm³/mol. The number of furan rings is 1. The van der Waals surface area contributed by atoms with Crippen LogP contribution < -0.4 is 10.1 Å². The van der Waals surface area contributed by atoms with Gasteiger partial charge in [-0.3, -0.25) is 10.1 Å². The molecular formula is C23H22N2O3S. The van der Waals surface area contributed by atoms with Crippen LogP contribution in [-0.4, -0.2) is 18.0 Å². The van der Waals surface area contributed by atoms with Crippen LogP contribution in [0, 0.1) is 20.8 Å². The molecule has 0 spiro atoms. The number of aromatic nitrogens is 1. The molecule has 1 N–H and O–H groups in total. The molecule has 0 atom stereocenters. The average Bonchev–Trinajstić information content (AvgIpc) is 3.21. The zero-order chi connectivity index (χ0) is 20.7. The van der Waals surface area contributed by atoms with Gasteiger partial charge in [-0.2, -0.15) is 0 Å². The zero-order valence-corrected chi connectivity index (χ0v) is 17.9. The molecule has 4 rings (SSSR count). The summed E-state index contributed by atoms with van der Waals surface area (Å²) < 4.78 is 12.4. The second-order valence-corrected chi connectivity index (χ2v) is 8.12. The van der Waals surface area contributed by atoms with Crippen molar-refractivity contribution in [1.29, 1.82) is 0 Å². The Morgan fingerprint density at radius 2 is 2.03 bits per heavy atom. The Kier molecular flexibility index (Phi) is 4.88. The van der Waals surface area contributed by atoms with Gasteiger partial charge in [0.2, 0.25) is 5.91 Å². The lowest BCUT2D eigenvalue weighted by Gasteiger charge is -2.09. The molecule has 0 radical (unpaired) electrons. The van der Waals surface area contributed by atoms with E-state index in [0.717, 1.165) is 49.2 Å². The number of hydrogen-bond acceptors (Lipinski definition) is 5. The number of fused-ring (bicyclic) bond motifs is 2. The summed E-state index contributed by atoms with van der Waals surface area (Å²) in [6.07, 6.45) is 1.57. The maximum absolute atomic E-state index is 12.6. The Labute approximate surface area is 173 Å². The molecule has 6 heteroatoms. The van der Waals surface area contributed by atoms with Crippen LogP contribution in [-0.2, 0) is 4.79 Å². The van der Waals surface area contributed by atoms with Gasteiger partial charge in [0.05, 0.1) is 17.3 Å². The van der Waals surface area contributed by atoms with Crippen molar-refractivity contribution in [1.82, 2.24) is 4.98 Å². The molecule has 0 saturated heterocycles. The molecule has 4 aromatic rings. The molecule has 2 heterocycles. The van der Waals surface area contributed by atoms with Crippen LogP contribution >= 0.6 is 11.3 Å². The number of nitrogens with one attached hydrogen (secondary N) is 1. The third kappa shape index (κ3) is 3.51. The summed E-state index contributed by atoms with van der Waals surface area (Å²) >= 11 is 1.47. The van der Waals surface area contributed by atoms with E-state index < -0.39 is 0 Å². The number of para-hydroxylation sites is 1. The first-order valence-corrected chi connectivity index (χ1v) is 10.1. The Bertz CT molecular complexity index is 1280. The molecule has 0 unspecified atom stereocenters. The first-order valence-electron chi connectivity index (χ1n) is 9.31. The van der Waals surface area contributed by atoms with Crippen LogP contribution in [0.15, 0.2) is 40.8 Å². The largest absolute Gasteiger partial charge is 0.496 e. The fourth-order valence-corrected chi connectivity index (χ4v) is 4.35. The van der Waals surface area contributed by atoms with Gasteiger partial charge >= 0.3 is 0 Å². The molecule has 5 nitrogen and oxygen atoms in total. The standard InChI is InChI=1S/C23H22N2O3S/c1-12-7-6-8-20-22(12)25-23(29-20)24-21(26)9-13(2)16-10-17-14(3)15(4)28-19(17)11-18(16)27-5/h6-11H,1-5H3,(H,24,25,26)/b13-9+. The molecule has 29 heavy (non-hydrogen) atoms. The number of carbonyl (C=O) groups excluding carboxylic acids is 1. The van der Waals surface area contributed by atoms with E-state index in [4.69, 9.17) is 9.15 Å². The van der Waals surface area contributed by atoms with Gasteiger partial charge in [-0.15, -0.1) is 0 Å². The van der Waals surface area contributed by atoms with Gasteiger partial charge in [0, 0.05) is 23.1 Å². The summed E-state index contributed by atoms with van der Waals surface area (Å²) in [5, 5.41) is 4.49. The zero-order valence-electron chi connectivity index (χ0n) is 17.0. The summed E-state index contributed by atoms with van der Waals surface area (Å²) in [4.78, 5) is 17.2. The molecule has 148 valence electrons. The Hall–Kier alpha value is -3.12. The number of hydrogen-bond donors (Lipinski definition) is 1. The second-order valence-electron chi connectivity index (χ2n) is 7.09. The maximum Gasteiger partial charge on any atom is 0.250 e. The highest BCUT2D eigenvalue weighted by Crippen LogP contribution is 2.35. The van der Waals surface area contributed by atoms with Gasteiger partial charge in [0.25, 0.3) is 0 Å². The number of allylic oxidation sites excluding steroid dienone is 1. The summed E-state index contributed by atoms with van der Waals surface area (Å²) in [6, 6.07) is 9.90. The molecule has 2 aromatic heterocycles. The normalized spacial score (nSPS) is 12.0. The number of amides is 1. The average molecular weight is 407 g/mol. The van der Waals surface area contributed by atoms with Crippen molar-refractivity contribution in [3.63, 3.8) is 0 Å². The molecule has 0 aliphatic rings. The summed E-state index contributed by atoms with van der Waals surface area (Å²) in [5.41, 5.74) is 5.55. The molecule has 0 saturated carbocycles. The van der Waals surface area contributed by atoms with Crippen molar-refractivity contribution < 1.29 is 13.9 Å². The fraction of sp³-hybridized carbons (Fsp3) is 0.217. The number of methoxy groups -OCH3 is 1. The number of carbonyl (C=O) groups is 1. The lowest BCUT2D eigenvalue weighted by atomic mass is 10.0. The minimum atomic E-state index is -0.221. The molecular weight excluding hydrogens is 384 g/mol. The van der Waals surface area contributed by atoms with E-state index in [-0.39, 0.29) is 5.91 Å². The highest BCUT2D eigenvalue weighted by molar-refractivity contribution is 7.22. The molecule has 0 aliphatic heterocycles. The first kappa shape index (κ1) is 19.2. The number of nitrogens with zero attached hydrogens (tertiary/aromatic N) is 1. The van der Waals surface area contributed by atoms with Crippen LogP contribution in [0.25, 0.3) is 26.8 Å². The van der Waals surface area contributed by atoms with Gasteiger partial charge in [-0.25, -0.2) is 4.98 Å². The number of rotatable bonds is 4. The molecule has 1 amide bonds. The lowest BCUT2D eigenvalue weighted by Crippen LogP contribution is -2.08. The second kappa shape index (κ2) is 7.37. The van der Waals surface area contributed by atoms with Gasteiger partial charge < -0.3 is 9.15 Å². The van der Waals surface area contributed by atoms with Gasteiger partial charge in [0.1, 0.15) is 17.1 Å². The summed E-state index contributed by atoms with van der Waals surface area (Å²) in [6.45, 7) is 7.88. The Morgan fingerprint density at radius 3 is 2.76 bits per heavy atom. The van der Waals surface area contributed by atoms with Crippen molar-refractivity contribution in [2.75, 3.05) is 12.4 Å².